The van der Waals surface area contributed by atoms with Crippen LogP contribution in [0.3, 0.4) is 0 Å². The number of benzene rings is 1. The molecule has 1 aromatic rings. The predicted octanol–water partition coefficient (Wildman–Crippen LogP) is 2.08. The summed E-state index contributed by atoms with van der Waals surface area (Å²) in [5.74, 6) is 0.793. The highest BCUT2D eigenvalue weighted by atomic mass is 79.9. The molecule has 0 heterocycles. The molecule has 1 aromatic carbocycles. The number of nitrogens with one attached hydrogen (secondary N) is 2. The van der Waals surface area contributed by atoms with Gasteiger partial charge in [-0.1, -0.05) is 15.9 Å². The normalized spacial score (nSPS) is 10.4. The second-order valence-electron chi connectivity index (χ2n) is 4.64. The van der Waals surface area contributed by atoms with Crippen molar-refractivity contribution in [2.45, 2.75) is 6.42 Å². The third-order valence-corrected chi connectivity index (χ3v) is 3.07. The van der Waals surface area contributed by atoms with Crippen LogP contribution in [0.2, 0.25) is 0 Å². The van der Waals surface area contributed by atoms with E-state index >= 15 is 0 Å². The molecule has 5 nitrogen and oxygen atoms in total. The predicted molar refractivity (Wildman–Crippen MR) is 84.2 cm³/mol. The van der Waals surface area contributed by atoms with Crippen LogP contribution in [-0.4, -0.2) is 51.3 Å². The Kier molecular flexibility index (Phi) is 8.06. The van der Waals surface area contributed by atoms with Gasteiger partial charge < -0.3 is 20.3 Å². The second-order valence-corrected chi connectivity index (χ2v) is 5.56. The number of amides is 2. The molecule has 0 aromatic heterocycles. The van der Waals surface area contributed by atoms with Gasteiger partial charge in [0.1, 0.15) is 12.4 Å². The van der Waals surface area contributed by atoms with Crippen molar-refractivity contribution in [1.29, 1.82) is 0 Å². The zero-order valence-corrected chi connectivity index (χ0v) is 13.6. The molecule has 0 spiro atoms. The van der Waals surface area contributed by atoms with E-state index in [1.54, 1.807) is 0 Å². The molecule has 0 saturated carbocycles. The number of halogens is 1. The lowest BCUT2D eigenvalue weighted by atomic mass is 10.3. The lowest BCUT2D eigenvalue weighted by Crippen LogP contribution is -2.38. The molecule has 0 saturated heterocycles. The Morgan fingerprint density at radius 3 is 2.50 bits per heavy atom. The van der Waals surface area contributed by atoms with Gasteiger partial charge in [0.2, 0.25) is 0 Å². The summed E-state index contributed by atoms with van der Waals surface area (Å²) in [6.45, 7) is 2.58. The molecule has 0 bridgehead atoms. The second kappa shape index (κ2) is 9.61. The van der Waals surface area contributed by atoms with Crippen LogP contribution in [0, 0.1) is 0 Å². The molecule has 2 amide bonds. The van der Waals surface area contributed by atoms with E-state index in [9.17, 15) is 4.79 Å². The van der Waals surface area contributed by atoms with E-state index in [4.69, 9.17) is 4.74 Å². The Hall–Kier alpha value is -1.27. The maximum atomic E-state index is 11.4. The van der Waals surface area contributed by atoms with Crippen LogP contribution in [0.15, 0.2) is 28.7 Å². The first-order valence-corrected chi connectivity index (χ1v) is 7.42. The zero-order chi connectivity index (χ0) is 14.8. The summed E-state index contributed by atoms with van der Waals surface area (Å²) in [5.41, 5.74) is 0. The van der Waals surface area contributed by atoms with Crippen molar-refractivity contribution in [3.05, 3.63) is 28.7 Å². The molecule has 6 heteroatoms. The monoisotopic (exact) mass is 343 g/mol. The number of carbonyl (C=O) groups is 1. The van der Waals surface area contributed by atoms with Gasteiger partial charge in [0.05, 0.1) is 6.54 Å². The Morgan fingerprint density at radius 2 is 1.85 bits per heavy atom. The first kappa shape index (κ1) is 16.8. The standard InChI is InChI=1S/C14H22BrN3O2/c1-18(2)10-3-8-16-14(19)17-9-11-20-13-6-4-12(15)5-7-13/h4-7H,3,8-11H2,1-2H3,(H2,16,17,19). The van der Waals surface area contributed by atoms with Crippen molar-refractivity contribution >= 4 is 22.0 Å². The maximum absolute atomic E-state index is 11.4. The quantitative estimate of drug-likeness (QED) is 0.710. The fourth-order valence-electron chi connectivity index (χ4n) is 1.52. The van der Waals surface area contributed by atoms with Crippen LogP contribution >= 0.6 is 15.9 Å². The Morgan fingerprint density at radius 1 is 1.20 bits per heavy atom. The van der Waals surface area contributed by atoms with Gasteiger partial charge in [0.25, 0.3) is 0 Å². The molecule has 1 rings (SSSR count). The molecule has 0 fully saturated rings. The lowest BCUT2D eigenvalue weighted by molar-refractivity contribution is 0.236. The Labute approximate surface area is 128 Å². The van der Waals surface area contributed by atoms with Gasteiger partial charge in [0.15, 0.2) is 0 Å². The summed E-state index contributed by atoms with van der Waals surface area (Å²) in [5, 5.41) is 5.56. The topological polar surface area (TPSA) is 53.6 Å². The van der Waals surface area contributed by atoms with Crippen molar-refractivity contribution in [3.8, 4) is 5.75 Å². The average Bonchev–Trinajstić information content (AvgIpc) is 2.41. The van der Waals surface area contributed by atoms with Crippen LogP contribution in [0.1, 0.15) is 6.42 Å². The summed E-state index contributed by atoms with van der Waals surface area (Å²) in [6, 6.07) is 7.44. The van der Waals surface area contributed by atoms with Gasteiger partial charge >= 0.3 is 6.03 Å². The van der Waals surface area contributed by atoms with Crippen LogP contribution in [-0.2, 0) is 0 Å². The molecule has 20 heavy (non-hydrogen) atoms. The summed E-state index contributed by atoms with van der Waals surface area (Å²) < 4.78 is 6.51. The molecule has 0 aliphatic rings. The SMILES string of the molecule is CN(C)CCCNC(=O)NCCOc1ccc(Br)cc1. The van der Waals surface area contributed by atoms with Crippen molar-refractivity contribution in [2.24, 2.45) is 0 Å². The van der Waals surface area contributed by atoms with Crippen LogP contribution < -0.4 is 15.4 Å². The Bertz CT molecular complexity index is 396. The van der Waals surface area contributed by atoms with Crippen molar-refractivity contribution in [2.75, 3.05) is 40.3 Å². The Balaban J connectivity index is 2.03. The molecule has 0 radical (unpaired) electrons. The first-order chi connectivity index (χ1) is 9.58. The van der Waals surface area contributed by atoms with E-state index in [-0.39, 0.29) is 6.03 Å². The largest absolute Gasteiger partial charge is 0.492 e. The van der Waals surface area contributed by atoms with E-state index < -0.39 is 0 Å². The minimum absolute atomic E-state index is 0.150. The molecule has 0 unspecified atom stereocenters. The first-order valence-electron chi connectivity index (χ1n) is 6.63. The maximum Gasteiger partial charge on any atom is 0.314 e. The molecular weight excluding hydrogens is 322 g/mol. The van der Waals surface area contributed by atoms with Crippen LogP contribution in [0.4, 0.5) is 4.79 Å². The highest BCUT2D eigenvalue weighted by molar-refractivity contribution is 9.10. The van der Waals surface area contributed by atoms with E-state index in [1.807, 2.05) is 38.4 Å². The van der Waals surface area contributed by atoms with Gasteiger partial charge in [-0.05, 0) is 51.3 Å². The van der Waals surface area contributed by atoms with Crippen molar-refractivity contribution in [3.63, 3.8) is 0 Å². The average molecular weight is 344 g/mol. The smallest absolute Gasteiger partial charge is 0.314 e. The van der Waals surface area contributed by atoms with E-state index in [2.05, 4.69) is 31.5 Å². The van der Waals surface area contributed by atoms with E-state index in [0.717, 1.165) is 23.2 Å². The van der Waals surface area contributed by atoms with Gasteiger partial charge in [-0.3, -0.25) is 0 Å². The summed E-state index contributed by atoms with van der Waals surface area (Å²) in [7, 11) is 4.03. The lowest BCUT2D eigenvalue weighted by Gasteiger charge is -2.11. The van der Waals surface area contributed by atoms with E-state index in [1.165, 1.54) is 0 Å². The fourth-order valence-corrected chi connectivity index (χ4v) is 1.79. The number of hydrogen-bond acceptors (Lipinski definition) is 3. The van der Waals surface area contributed by atoms with Gasteiger partial charge in [0, 0.05) is 11.0 Å². The summed E-state index contributed by atoms with van der Waals surface area (Å²) in [4.78, 5) is 13.5. The van der Waals surface area contributed by atoms with E-state index in [0.29, 0.717) is 19.7 Å². The molecule has 0 aliphatic carbocycles. The number of rotatable bonds is 8. The minimum atomic E-state index is -0.150. The third-order valence-electron chi connectivity index (χ3n) is 2.54. The molecule has 2 N–H and O–H groups in total. The highest BCUT2D eigenvalue weighted by Crippen LogP contribution is 2.15. The van der Waals surface area contributed by atoms with Crippen molar-refractivity contribution in [1.82, 2.24) is 15.5 Å². The summed E-state index contributed by atoms with van der Waals surface area (Å²) >= 11 is 3.36. The minimum Gasteiger partial charge on any atom is -0.492 e. The zero-order valence-electron chi connectivity index (χ0n) is 12.0. The molecule has 0 atom stereocenters. The molecular formula is C14H22BrN3O2. The van der Waals surface area contributed by atoms with Crippen LogP contribution in [0.5, 0.6) is 5.75 Å². The molecule has 0 aliphatic heterocycles. The van der Waals surface area contributed by atoms with Crippen molar-refractivity contribution < 1.29 is 9.53 Å². The summed E-state index contributed by atoms with van der Waals surface area (Å²) in [6.07, 6.45) is 0.940. The number of hydrogen-bond donors (Lipinski definition) is 2. The molecule has 112 valence electrons. The number of carbonyl (C=O) groups excluding carboxylic acids is 1. The highest BCUT2D eigenvalue weighted by Gasteiger charge is 1.99. The van der Waals surface area contributed by atoms with Gasteiger partial charge in [-0.2, -0.15) is 0 Å². The van der Waals surface area contributed by atoms with Gasteiger partial charge in [-0.15, -0.1) is 0 Å². The van der Waals surface area contributed by atoms with Crippen LogP contribution in [0.25, 0.3) is 0 Å². The van der Waals surface area contributed by atoms with Gasteiger partial charge in [-0.25, -0.2) is 4.79 Å². The number of ether oxygens (including phenoxy) is 1. The number of urea groups is 1. The number of nitrogens with zero attached hydrogens (tertiary/aromatic N) is 1. The fraction of sp³-hybridized carbons (Fsp3) is 0.500. The third kappa shape index (κ3) is 8.01.